The number of anilines is 1. The van der Waals surface area contributed by atoms with E-state index >= 15 is 0 Å². The minimum absolute atomic E-state index is 0.0227. The van der Waals surface area contributed by atoms with Gasteiger partial charge in [-0.05, 0) is 31.5 Å². The summed E-state index contributed by atoms with van der Waals surface area (Å²) >= 11 is 0.648. The van der Waals surface area contributed by atoms with Gasteiger partial charge < -0.3 is 20.9 Å². The number of terminal acetylenes is 1. The number of rotatable bonds is 6. The van der Waals surface area contributed by atoms with E-state index in [4.69, 9.17) is 16.9 Å². The van der Waals surface area contributed by atoms with E-state index in [1.54, 1.807) is 0 Å². The molecule has 0 unspecified atom stereocenters. The fraction of sp³-hybridized carbons (Fsp3) is 0.364. The van der Waals surface area contributed by atoms with Crippen LogP contribution in [0.2, 0.25) is 0 Å². The van der Waals surface area contributed by atoms with Gasteiger partial charge in [-0.3, -0.25) is 9.79 Å². The van der Waals surface area contributed by atoms with Crippen molar-refractivity contribution in [1.82, 2.24) is 9.97 Å². The van der Waals surface area contributed by atoms with Crippen molar-refractivity contribution >= 4 is 28.5 Å². The lowest BCUT2D eigenvalue weighted by molar-refractivity contribution is -0.207. The van der Waals surface area contributed by atoms with Crippen LogP contribution in [0.3, 0.4) is 0 Å². The highest BCUT2D eigenvalue weighted by Crippen LogP contribution is 2.68. The van der Waals surface area contributed by atoms with Gasteiger partial charge in [-0.25, -0.2) is 14.4 Å². The van der Waals surface area contributed by atoms with Crippen LogP contribution in [-0.4, -0.2) is 49.8 Å². The fourth-order valence-corrected chi connectivity index (χ4v) is 5.76. The van der Waals surface area contributed by atoms with Crippen LogP contribution in [0, 0.1) is 24.1 Å². The number of amidine groups is 1. The molecule has 4 N–H and O–H groups in total. The number of thioether (sulfide) groups is 1. The third kappa shape index (κ3) is 4.51. The molecule has 4 rings (SSSR count). The molecule has 35 heavy (non-hydrogen) atoms. The van der Waals surface area contributed by atoms with Crippen LogP contribution in [-0.2, 0) is 5.54 Å². The number of nitrogens with zero attached hydrogens (tertiary/aromatic N) is 3. The van der Waals surface area contributed by atoms with Crippen molar-refractivity contribution < 1.29 is 32.2 Å². The van der Waals surface area contributed by atoms with Crippen LogP contribution >= 0.6 is 11.8 Å². The molecule has 2 aromatic rings. The van der Waals surface area contributed by atoms with E-state index in [9.17, 15) is 27.5 Å². The van der Waals surface area contributed by atoms with E-state index in [1.807, 2.05) is 0 Å². The number of aliphatic hydroxyl groups excluding tert-OH is 1. The average Bonchev–Trinajstić information content (AvgIpc) is 3.54. The second-order valence-electron chi connectivity index (χ2n) is 8.24. The number of aromatic nitrogens is 2. The Labute approximate surface area is 201 Å². The molecule has 1 saturated carbocycles. The Kier molecular flexibility index (Phi) is 6.14. The van der Waals surface area contributed by atoms with E-state index in [0.717, 1.165) is 12.3 Å². The van der Waals surface area contributed by atoms with Gasteiger partial charge in [0.15, 0.2) is 17.9 Å². The second kappa shape index (κ2) is 8.69. The number of halogens is 4. The number of aliphatic hydroxyl groups is 1. The summed E-state index contributed by atoms with van der Waals surface area (Å²) in [6, 6.07) is 3.63. The first-order chi connectivity index (χ1) is 16.4. The number of fused-ring (bicyclic) bond motifs is 1. The maximum Gasteiger partial charge on any atom is 0.415 e. The number of carbonyl (C=O) groups is 1. The third-order valence-electron chi connectivity index (χ3n) is 5.98. The normalized spacial score (nSPS) is 26.1. The molecule has 2 aliphatic rings. The number of benzene rings is 1. The Morgan fingerprint density at radius 3 is 2.80 bits per heavy atom. The molecule has 0 saturated heterocycles. The van der Waals surface area contributed by atoms with Gasteiger partial charge in [-0.1, -0.05) is 17.7 Å². The predicted molar refractivity (Wildman–Crippen MR) is 120 cm³/mol. The Hall–Kier alpha value is -3.37. The van der Waals surface area contributed by atoms with Crippen LogP contribution in [0.4, 0.5) is 23.2 Å². The van der Waals surface area contributed by atoms with Gasteiger partial charge in [0.25, 0.3) is 5.91 Å². The summed E-state index contributed by atoms with van der Waals surface area (Å²) in [7, 11) is 0. The molecule has 1 amide bonds. The van der Waals surface area contributed by atoms with Crippen molar-refractivity contribution in [2.75, 3.05) is 11.9 Å². The number of nitrogens with one attached hydrogen (secondary N) is 1. The Morgan fingerprint density at radius 1 is 1.43 bits per heavy atom. The van der Waals surface area contributed by atoms with Gasteiger partial charge in [0, 0.05) is 17.2 Å². The lowest BCUT2D eigenvalue weighted by atomic mass is 9.84. The molecule has 1 fully saturated rings. The molecule has 2 heterocycles. The second-order valence-corrected chi connectivity index (χ2v) is 9.62. The van der Waals surface area contributed by atoms with Gasteiger partial charge in [0.2, 0.25) is 5.88 Å². The molecule has 1 aliphatic heterocycles. The van der Waals surface area contributed by atoms with Crippen LogP contribution in [0.15, 0.2) is 35.6 Å². The monoisotopic (exact) mass is 509 g/mol. The number of alkyl halides is 3. The van der Waals surface area contributed by atoms with Gasteiger partial charge in [0.05, 0.1) is 22.7 Å². The van der Waals surface area contributed by atoms with E-state index in [2.05, 4.69) is 26.2 Å². The van der Waals surface area contributed by atoms with Crippen molar-refractivity contribution in [2.45, 2.75) is 35.9 Å². The molecule has 4 atom stereocenters. The number of hydrogen-bond acceptors (Lipinski definition) is 8. The molecular formula is C22H19F4N5O3S. The predicted octanol–water partition coefficient (Wildman–Crippen LogP) is 2.84. The molecule has 184 valence electrons. The molecule has 1 aromatic heterocycles. The third-order valence-corrected chi connectivity index (χ3v) is 7.33. The number of amides is 1. The number of hydrogen-bond donors (Lipinski definition) is 3. The molecule has 13 heteroatoms. The summed E-state index contributed by atoms with van der Waals surface area (Å²) in [6.45, 7) is 1.44. The maximum atomic E-state index is 14.9. The van der Waals surface area contributed by atoms with Crippen molar-refractivity contribution in [3.05, 3.63) is 47.7 Å². The topological polar surface area (TPSA) is 123 Å². The standard InChI is InChI=1S/C22H19F4N5O3S/c1-3-6-34-16-10-28-14(9-29-16)17(32)30-11-4-5-13(23)12(7-11)20(2)15-8-21(15,35-19(27)31-20)18(33)22(24,25)26/h1,4-5,7,9-10,15,18,33H,6,8H2,2H3,(H2,27,31)(H,30,32)/t15-,18-,20-,21-/m0/s1. The van der Waals surface area contributed by atoms with Crippen LogP contribution in [0.1, 0.15) is 29.4 Å². The summed E-state index contributed by atoms with van der Waals surface area (Å²) in [5.74, 6) is 0.131. The first kappa shape index (κ1) is 24.7. The van der Waals surface area contributed by atoms with Crippen molar-refractivity contribution in [2.24, 2.45) is 16.6 Å². The zero-order valence-corrected chi connectivity index (χ0v) is 19.0. The molecule has 0 bridgehead atoms. The van der Waals surface area contributed by atoms with E-state index < -0.39 is 40.2 Å². The minimum Gasteiger partial charge on any atom is -0.463 e. The van der Waals surface area contributed by atoms with E-state index in [0.29, 0.717) is 11.8 Å². The van der Waals surface area contributed by atoms with Gasteiger partial charge >= 0.3 is 6.18 Å². The molecule has 0 radical (unpaired) electrons. The summed E-state index contributed by atoms with van der Waals surface area (Å²) in [5, 5.41) is 12.4. The zero-order chi connectivity index (χ0) is 25.6. The minimum atomic E-state index is -4.88. The highest BCUT2D eigenvalue weighted by atomic mass is 32.2. The van der Waals surface area contributed by atoms with Crippen molar-refractivity contribution in [3.63, 3.8) is 0 Å². The van der Waals surface area contributed by atoms with Gasteiger partial charge in [0.1, 0.15) is 11.5 Å². The summed E-state index contributed by atoms with van der Waals surface area (Å²) < 4.78 is 58.3. The quantitative estimate of drug-likeness (QED) is 0.404. The first-order valence-corrected chi connectivity index (χ1v) is 11.0. The summed E-state index contributed by atoms with van der Waals surface area (Å²) in [6.07, 6.45) is -0.144. The van der Waals surface area contributed by atoms with E-state index in [-0.39, 0.29) is 41.0 Å². The number of nitrogens with two attached hydrogens (primary N) is 1. The highest BCUT2D eigenvalue weighted by Gasteiger charge is 2.74. The zero-order valence-electron chi connectivity index (χ0n) is 18.1. The van der Waals surface area contributed by atoms with Crippen LogP contribution in [0.25, 0.3) is 0 Å². The average molecular weight is 509 g/mol. The Bertz CT molecular complexity index is 1230. The summed E-state index contributed by atoms with van der Waals surface area (Å²) in [4.78, 5) is 24.7. The molecule has 0 spiro atoms. The number of carbonyl (C=O) groups excluding carboxylic acids is 1. The maximum absolute atomic E-state index is 14.9. The Morgan fingerprint density at radius 2 is 2.17 bits per heavy atom. The van der Waals surface area contributed by atoms with Crippen LogP contribution in [0.5, 0.6) is 5.88 Å². The van der Waals surface area contributed by atoms with Gasteiger partial charge in [-0.2, -0.15) is 13.2 Å². The van der Waals surface area contributed by atoms with Gasteiger partial charge in [-0.15, -0.1) is 6.42 Å². The largest absolute Gasteiger partial charge is 0.463 e. The lowest BCUT2D eigenvalue weighted by Gasteiger charge is -2.36. The van der Waals surface area contributed by atoms with E-state index in [1.165, 1.54) is 25.3 Å². The smallest absolute Gasteiger partial charge is 0.415 e. The molecule has 8 nitrogen and oxygen atoms in total. The lowest BCUT2D eigenvalue weighted by Crippen LogP contribution is -2.47. The van der Waals surface area contributed by atoms with Crippen molar-refractivity contribution in [3.8, 4) is 18.2 Å². The highest BCUT2D eigenvalue weighted by molar-refractivity contribution is 8.15. The van der Waals surface area contributed by atoms with Crippen molar-refractivity contribution in [1.29, 1.82) is 0 Å². The molecular weight excluding hydrogens is 490 g/mol. The van der Waals surface area contributed by atoms with Crippen LogP contribution < -0.4 is 15.8 Å². The SMILES string of the molecule is C#CCOc1cnc(C(=O)Nc2ccc(F)c([C@]3(C)N=C(N)S[C@@]4([C@H](O)C(F)(F)F)C[C@H]43)c2)cn1. The molecule has 1 aromatic carbocycles. The molecule has 1 aliphatic carbocycles. The fourth-order valence-electron chi connectivity index (χ4n) is 4.26. The number of ether oxygens (including phenoxy) is 1. The first-order valence-electron chi connectivity index (χ1n) is 10.2. The summed E-state index contributed by atoms with van der Waals surface area (Å²) in [5.41, 5.74) is 4.34. The Balaban J connectivity index is 1.59. The number of aliphatic imine (C=N–C) groups is 1.